The van der Waals surface area contributed by atoms with Gasteiger partial charge in [0, 0.05) is 41.0 Å². The first kappa shape index (κ1) is 31.8. The van der Waals surface area contributed by atoms with Gasteiger partial charge in [-0.2, -0.15) is 9.61 Å². The third kappa shape index (κ3) is 6.55. The molecule has 46 heavy (non-hydrogen) atoms. The van der Waals surface area contributed by atoms with E-state index in [1.807, 2.05) is 86.8 Å². The summed E-state index contributed by atoms with van der Waals surface area (Å²) in [4.78, 5) is 20.6. The van der Waals surface area contributed by atoms with Gasteiger partial charge >= 0.3 is 5.97 Å². The highest BCUT2D eigenvalue weighted by atomic mass is 35.5. The molecule has 6 bridgehead atoms. The zero-order valence-corrected chi connectivity index (χ0v) is 28.1. The Labute approximate surface area is 275 Å². The SMILES string of the molecule is COC(=O)[C@@H](OC(C)(C)C)c1c(C)nc2cc3nn2c1N1CCC(C)(/C=C/C=C\COc2ccc(Cl)cc2-c2cccc-3c2)CC1. The van der Waals surface area contributed by atoms with Gasteiger partial charge in [-0.05, 0) is 81.9 Å². The lowest BCUT2D eigenvalue weighted by molar-refractivity contribution is -0.164. The van der Waals surface area contributed by atoms with Crippen LogP contribution in [0.2, 0.25) is 5.02 Å². The number of anilines is 1. The van der Waals surface area contributed by atoms with E-state index in [4.69, 9.17) is 35.9 Å². The van der Waals surface area contributed by atoms with Crippen LogP contribution in [0.5, 0.6) is 5.75 Å². The fourth-order valence-electron chi connectivity index (χ4n) is 6.21. The standard InChI is InChI=1S/C37H41ClN4O4/c1-24-32(33(35(43)44-6)46-36(2,3)4)34-41-18-16-37(5,17-19-41)15-8-7-9-20-45-30-14-13-27(38)22-28(30)25-11-10-12-26(21-25)29-23-31(39-24)42(34)40-29/h7-15,21-23,33H,16-20H2,1-6H3/b9-7-,15-8+/t33-/m0/s1. The van der Waals surface area contributed by atoms with E-state index in [0.717, 1.165) is 59.9 Å². The number of aromatic nitrogens is 3. The van der Waals surface area contributed by atoms with Gasteiger partial charge in [0.2, 0.25) is 0 Å². The molecule has 5 heterocycles. The fourth-order valence-corrected chi connectivity index (χ4v) is 6.38. The van der Waals surface area contributed by atoms with Crippen molar-refractivity contribution in [1.82, 2.24) is 14.6 Å². The Balaban J connectivity index is 1.58. The summed E-state index contributed by atoms with van der Waals surface area (Å²) >= 11 is 6.46. The van der Waals surface area contributed by atoms with Crippen molar-refractivity contribution in [2.24, 2.45) is 5.41 Å². The van der Waals surface area contributed by atoms with E-state index in [-0.39, 0.29) is 5.41 Å². The van der Waals surface area contributed by atoms with Crippen LogP contribution in [0.15, 0.2) is 72.8 Å². The number of nitrogens with zero attached hydrogens (tertiary/aromatic N) is 4. The molecule has 0 radical (unpaired) electrons. The summed E-state index contributed by atoms with van der Waals surface area (Å²) in [6, 6.07) is 15.8. The molecule has 2 aromatic carbocycles. The highest BCUT2D eigenvalue weighted by molar-refractivity contribution is 6.31. The molecule has 0 amide bonds. The molecule has 0 aliphatic carbocycles. The van der Waals surface area contributed by atoms with Gasteiger partial charge in [0.05, 0.1) is 24.0 Å². The molecular formula is C37H41ClN4O4. The maximum atomic E-state index is 13.4. The van der Waals surface area contributed by atoms with Crippen molar-refractivity contribution < 1.29 is 19.0 Å². The number of piperidine rings is 1. The second-order valence-corrected chi connectivity index (χ2v) is 13.8. The zero-order chi connectivity index (χ0) is 32.6. The van der Waals surface area contributed by atoms with Crippen LogP contribution in [0.25, 0.3) is 28.0 Å². The molecule has 1 saturated heterocycles. The number of carbonyl (C=O) groups excluding carboxylic acids is 1. The minimum Gasteiger partial charge on any atom is -0.489 e. The van der Waals surface area contributed by atoms with Crippen LogP contribution >= 0.6 is 11.6 Å². The number of hydrogen-bond acceptors (Lipinski definition) is 7. The molecule has 9 heteroatoms. The van der Waals surface area contributed by atoms with Gasteiger partial charge in [-0.1, -0.05) is 55.0 Å². The summed E-state index contributed by atoms with van der Waals surface area (Å²) in [5.41, 5.74) is 4.99. The van der Waals surface area contributed by atoms with E-state index < -0.39 is 17.7 Å². The molecule has 1 fully saturated rings. The van der Waals surface area contributed by atoms with Gasteiger partial charge in [-0.15, -0.1) is 0 Å². The molecule has 0 spiro atoms. The fraction of sp³-hybridized carbons (Fsp3) is 0.378. The number of ether oxygens (including phenoxy) is 3. The molecule has 240 valence electrons. The van der Waals surface area contributed by atoms with Crippen molar-refractivity contribution in [1.29, 1.82) is 0 Å². The van der Waals surface area contributed by atoms with Gasteiger partial charge in [-0.25, -0.2) is 9.78 Å². The van der Waals surface area contributed by atoms with Gasteiger partial charge in [0.15, 0.2) is 11.8 Å². The minimum absolute atomic E-state index is 0.00735. The van der Waals surface area contributed by atoms with Crippen molar-refractivity contribution in [2.45, 2.75) is 59.2 Å². The number of aryl methyl sites for hydroxylation is 1. The quantitative estimate of drug-likeness (QED) is 0.209. The van der Waals surface area contributed by atoms with Crippen LogP contribution in [-0.2, 0) is 14.3 Å². The number of allylic oxidation sites excluding steroid dienone is 3. The Morgan fingerprint density at radius 3 is 2.57 bits per heavy atom. The van der Waals surface area contributed by atoms with Crippen LogP contribution < -0.4 is 9.64 Å². The number of methoxy groups -OCH3 is 1. The molecule has 0 unspecified atom stereocenters. The van der Waals surface area contributed by atoms with Crippen molar-refractivity contribution >= 4 is 29.0 Å². The van der Waals surface area contributed by atoms with Crippen molar-refractivity contribution in [3.63, 3.8) is 0 Å². The number of hydrogen-bond donors (Lipinski definition) is 0. The number of rotatable bonds is 3. The monoisotopic (exact) mass is 640 g/mol. The van der Waals surface area contributed by atoms with Crippen LogP contribution in [0.1, 0.15) is 57.9 Å². The Morgan fingerprint density at radius 2 is 1.83 bits per heavy atom. The molecule has 7 rings (SSSR count). The topological polar surface area (TPSA) is 78.2 Å². The highest BCUT2D eigenvalue weighted by Crippen LogP contribution is 2.41. The average Bonchev–Trinajstić information content (AvgIpc) is 3.44. The largest absolute Gasteiger partial charge is 0.489 e. The van der Waals surface area contributed by atoms with E-state index in [2.05, 4.69) is 30.0 Å². The molecule has 3 aliphatic rings. The highest BCUT2D eigenvalue weighted by Gasteiger charge is 2.37. The van der Waals surface area contributed by atoms with E-state index in [9.17, 15) is 4.79 Å². The summed E-state index contributed by atoms with van der Waals surface area (Å²) < 4.78 is 19.8. The Morgan fingerprint density at radius 1 is 1.07 bits per heavy atom. The predicted molar refractivity (Wildman–Crippen MR) is 183 cm³/mol. The summed E-state index contributed by atoms with van der Waals surface area (Å²) in [6.45, 7) is 12.0. The molecule has 2 aromatic heterocycles. The molecule has 3 aliphatic heterocycles. The van der Waals surface area contributed by atoms with Crippen molar-refractivity contribution in [3.8, 4) is 28.1 Å². The normalized spacial score (nSPS) is 18.2. The lowest BCUT2D eigenvalue weighted by Gasteiger charge is -2.40. The van der Waals surface area contributed by atoms with Gasteiger partial charge in [0.25, 0.3) is 0 Å². The lowest BCUT2D eigenvalue weighted by Crippen LogP contribution is -2.40. The summed E-state index contributed by atoms with van der Waals surface area (Å²) in [6.07, 6.45) is 9.33. The minimum atomic E-state index is -0.978. The number of benzene rings is 2. The number of halogens is 1. The predicted octanol–water partition coefficient (Wildman–Crippen LogP) is 8.17. The van der Waals surface area contributed by atoms with E-state index in [1.165, 1.54) is 7.11 Å². The molecule has 0 saturated carbocycles. The first-order valence-corrected chi connectivity index (χ1v) is 16.1. The number of fused-ring (bicyclic) bond motifs is 5. The Kier molecular flexibility index (Phi) is 8.70. The molecule has 0 N–H and O–H groups in total. The zero-order valence-electron chi connectivity index (χ0n) is 27.3. The maximum Gasteiger partial charge on any atom is 0.339 e. The lowest BCUT2D eigenvalue weighted by atomic mass is 9.80. The summed E-state index contributed by atoms with van der Waals surface area (Å²) in [5.74, 6) is 1.08. The smallest absolute Gasteiger partial charge is 0.339 e. The second kappa shape index (κ2) is 12.6. The summed E-state index contributed by atoms with van der Waals surface area (Å²) in [5, 5.41) is 5.77. The summed E-state index contributed by atoms with van der Waals surface area (Å²) in [7, 11) is 1.39. The van der Waals surface area contributed by atoms with E-state index in [0.29, 0.717) is 28.5 Å². The first-order valence-electron chi connectivity index (χ1n) is 15.7. The van der Waals surface area contributed by atoms with Crippen LogP contribution in [-0.4, -0.2) is 53.0 Å². The van der Waals surface area contributed by atoms with Gasteiger partial charge in [-0.3, -0.25) is 0 Å². The molecule has 1 atom stereocenters. The third-order valence-electron chi connectivity index (χ3n) is 8.65. The van der Waals surface area contributed by atoms with E-state index >= 15 is 0 Å². The Bertz CT molecular complexity index is 1830. The van der Waals surface area contributed by atoms with Crippen molar-refractivity contribution in [3.05, 3.63) is 89.1 Å². The van der Waals surface area contributed by atoms with Crippen LogP contribution in [0.4, 0.5) is 5.82 Å². The molecular weight excluding hydrogens is 600 g/mol. The third-order valence-corrected chi connectivity index (χ3v) is 8.89. The van der Waals surface area contributed by atoms with Gasteiger partial charge in [0.1, 0.15) is 18.2 Å². The average molecular weight is 641 g/mol. The number of esters is 1. The van der Waals surface area contributed by atoms with Crippen molar-refractivity contribution in [2.75, 3.05) is 31.7 Å². The Hall–Kier alpha value is -4.14. The number of carbonyl (C=O) groups is 1. The maximum absolute atomic E-state index is 13.4. The van der Waals surface area contributed by atoms with Crippen LogP contribution in [0, 0.1) is 12.3 Å². The van der Waals surface area contributed by atoms with E-state index in [1.54, 1.807) is 0 Å². The molecule has 4 aromatic rings. The van der Waals surface area contributed by atoms with Gasteiger partial charge < -0.3 is 19.1 Å². The first-order chi connectivity index (χ1) is 21.9. The molecule has 8 nitrogen and oxygen atoms in total. The second-order valence-electron chi connectivity index (χ2n) is 13.3. The van der Waals surface area contributed by atoms with Crippen LogP contribution in [0.3, 0.4) is 0 Å².